The summed E-state index contributed by atoms with van der Waals surface area (Å²) in [5.74, 6) is 0. The molecule has 0 bridgehead atoms. The van der Waals surface area contributed by atoms with Gasteiger partial charge in [0, 0.05) is 14.2 Å². The lowest BCUT2D eigenvalue weighted by Gasteiger charge is -2.38. The van der Waals surface area contributed by atoms with Gasteiger partial charge in [-0.3, -0.25) is 0 Å². The van der Waals surface area contributed by atoms with Gasteiger partial charge < -0.3 is 28.5 Å². The Balaban J connectivity index is 4.90. The molecule has 0 atom stereocenters. The topological polar surface area (TPSA) is 89.0 Å². The Kier molecular flexibility index (Phi) is 9.71. The summed E-state index contributed by atoms with van der Waals surface area (Å²) in [7, 11) is -3.71. The van der Waals surface area contributed by atoms with Gasteiger partial charge in [-0.2, -0.15) is 0 Å². The van der Waals surface area contributed by atoms with Crippen molar-refractivity contribution in [2.24, 2.45) is 11.5 Å². The van der Waals surface area contributed by atoms with Crippen LogP contribution in [0.25, 0.3) is 0 Å². The van der Waals surface area contributed by atoms with E-state index in [0.717, 1.165) is 24.9 Å². The van der Waals surface area contributed by atoms with Crippen LogP contribution >= 0.6 is 0 Å². The fraction of sp³-hybridized carbons (Fsp3) is 1.00. The zero-order chi connectivity index (χ0) is 16.6. The summed E-state index contributed by atoms with van der Waals surface area (Å²) in [4.78, 5) is 0. The summed E-state index contributed by atoms with van der Waals surface area (Å²) in [6, 6.07) is 1.94. The first-order valence-corrected chi connectivity index (χ1v) is 15.4. The zero-order valence-electron chi connectivity index (χ0n) is 14.5. The van der Waals surface area contributed by atoms with Crippen molar-refractivity contribution in [3.05, 3.63) is 0 Å². The average molecular weight is 355 g/mol. The van der Waals surface area contributed by atoms with E-state index in [4.69, 9.17) is 28.5 Å². The van der Waals surface area contributed by atoms with Crippen LogP contribution in [0.4, 0.5) is 0 Å². The molecule has 0 aliphatic carbocycles. The first-order valence-electron chi connectivity index (χ1n) is 7.56. The highest BCUT2D eigenvalue weighted by molar-refractivity contribution is 6.84. The molecule has 0 saturated carbocycles. The molecule has 0 aromatic heterocycles. The molecular formula is C12H34N2O4Si3. The summed E-state index contributed by atoms with van der Waals surface area (Å²) < 4.78 is 23.8. The maximum Gasteiger partial charge on any atom is 0.657 e. The molecule has 0 rings (SSSR count). The summed E-state index contributed by atoms with van der Waals surface area (Å²) in [5, 5.41) is 0. The van der Waals surface area contributed by atoms with Crippen LogP contribution in [0.3, 0.4) is 0 Å². The second kappa shape index (κ2) is 9.53. The van der Waals surface area contributed by atoms with E-state index in [1.165, 1.54) is 0 Å². The second-order valence-electron chi connectivity index (χ2n) is 6.42. The number of hydrogen-bond acceptors (Lipinski definition) is 6. The predicted octanol–water partition coefficient (Wildman–Crippen LogP) is 1.86. The average Bonchev–Trinajstić information content (AvgIpc) is 2.41. The van der Waals surface area contributed by atoms with Gasteiger partial charge in [0.05, 0.1) is 0 Å². The van der Waals surface area contributed by atoms with Crippen LogP contribution in [-0.2, 0) is 17.1 Å². The summed E-state index contributed by atoms with van der Waals surface area (Å²) in [5.41, 5.74) is 11.2. The van der Waals surface area contributed by atoms with E-state index in [-0.39, 0.29) is 0 Å². The molecule has 0 aromatic rings. The lowest BCUT2D eigenvalue weighted by molar-refractivity contribution is 0.0758. The van der Waals surface area contributed by atoms with Crippen molar-refractivity contribution in [2.45, 2.75) is 51.1 Å². The molecule has 4 N–H and O–H groups in total. The third-order valence-electron chi connectivity index (χ3n) is 3.27. The van der Waals surface area contributed by atoms with Crippen LogP contribution in [-0.4, -0.2) is 53.0 Å². The maximum atomic E-state index is 6.30. The van der Waals surface area contributed by atoms with E-state index in [1.807, 2.05) is 0 Å². The van der Waals surface area contributed by atoms with Crippen molar-refractivity contribution in [2.75, 3.05) is 27.3 Å². The SMILES string of the molecule is CO[Si](OC)(O[Si](C)(C)CCCN)O[Si](C)(C)CCCN. The van der Waals surface area contributed by atoms with Crippen LogP contribution in [0, 0.1) is 0 Å². The Hall–Kier alpha value is 0.411. The van der Waals surface area contributed by atoms with Gasteiger partial charge in [0.1, 0.15) is 0 Å². The molecular weight excluding hydrogens is 320 g/mol. The van der Waals surface area contributed by atoms with Crippen molar-refractivity contribution in [1.82, 2.24) is 0 Å². The van der Waals surface area contributed by atoms with Crippen molar-refractivity contribution < 1.29 is 17.1 Å². The van der Waals surface area contributed by atoms with Gasteiger partial charge >= 0.3 is 9.05 Å². The van der Waals surface area contributed by atoms with E-state index in [9.17, 15) is 0 Å². The number of hydrogen-bond donors (Lipinski definition) is 2. The van der Waals surface area contributed by atoms with E-state index in [2.05, 4.69) is 26.2 Å². The molecule has 0 aromatic carbocycles. The second-order valence-corrected chi connectivity index (χ2v) is 17.9. The minimum atomic E-state index is -3.07. The van der Waals surface area contributed by atoms with Crippen LogP contribution < -0.4 is 11.5 Å². The van der Waals surface area contributed by atoms with E-state index >= 15 is 0 Å². The molecule has 0 radical (unpaired) electrons. The van der Waals surface area contributed by atoms with Gasteiger partial charge in [-0.15, -0.1) is 0 Å². The molecule has 0 fully saturated rings. The highest BCUT2D eigenvalue weighted by Gasteiger charge is 2.51. The Bertz CT molecular complexity index is 266. The first kappa shape index (κ1) is 21.4. The summed E-state index contributed by atoms with van der Waals surface area (Å²) >= 11 is 0. The molecule has 21 heavy (non-hydrogen) atoms. The van der Waals surface area contributed by atoms with Crippen LogP contribution in [0.5, 0.6) is 0 Å². The third kappa shape index (κ3) is 8.57. The van der Waals surface area contributed by atoms with Gasteiger partial charge in [0.2, 0.25) is 0 Å². The van der Waals surface area contributed by atoms with Crippen molar-refractivity contribution in [3.63, 3.8) is 0 Å². The largest absolute Gasteiger partial charge is 0.657 e. The Morgan fingerprint density at radius 3 is 1.29 bits per heavy atom. The normalized spacial score (nSPS) is 13.7. The van der Waals surface area contributed by atoms with Crippen LogP contribution in [0.2, 0.25) is 38.3 Å². The van der Waals surface area contributed by atoms with Gasteiger partial charge in [0.15, 0.2) is 16.6 Å². The molecule has 0 heterocycles. The van der Waals surface area contributed by atoms with Crippen molar-refractivity contribution >= 4 is 25.7 Å². The Labute approximate surface area is 133 Å². The van der Waals surface area contributed by atoms with Crippen LogP contribution in [0.15, 0.2) is 0 Å². The Morgan fingerprint density at radius 2 is 1.05 bits per heavy atom. The van der Waals surface area contributed by atoms with Crippen LogP contribution in [0.1, 0.15) is 12.8 Å². The standard InChI is InChI=1S/C12H34N2O4Si3/c1-15-21(16-2,17-19(3,4)11-7-9-13)18-20(5,6)12-8-10-14/h7-14H2,1-6H3. The van der Waals surface area contributed by atoms with E-state index in [1.54, 1.807) is 14.2 Å². The quantitative estimate of drug-likeness (QED) is 0.520. The van der Waals surface area contributed by atoms with Gasteiger partial charge in [0.25, 0.3) is 0 Å². The number of rotatable bonds is 12. The first-order chi connectivity index (χ1) is 9.66. The minimum Gasteiger partial charge on any atom is -0.395 e. The summed E-state index contributed by atoms with van der Waals surface area (Å²) in [6.07, 6.45) is 1.90. The fourth-order valence-corrected chi connectivity index (χ4v) is 12.5. The van der Waals surface area contributed by atoms with Crippen molar-refractivity contribution in [1.29, 1.82) is 0 Å². The summed E-state index contributed by atoms with van der Waals surface area (Å²) in [6.45, 7) is 9.96. The lowest BCUT2D eigenvalue weighted by Crippen LogP contribution is -2.59. The molecule has 6 nitrogen and oxygen atoms in total. The monoisotopic (exact) mass is 354 g/mol. The fourth-order valence-electron chi connectivity index (χ4n) is 2.11. The van der Waals surface area contributed by atoms with Gasteiger partial charge in [-0.1, -0.05) is 0 Å². The van der Waals surface area contributed by atoms with E-state index < -0.39 is 25.7 Å². The molecule has 0 amide bonds. The molecule has 0 aliphatic rings. The molecule has 9 heteroatoms. The predicted molar refractivity (Wildman–Crippen MR) is 93.9 cm³/mol. The smallest absolute Gasteiger partial charge is 0.395 e. The molecule has 0 saturated heterocycles. The number of nitrogens with two attached hydrogens (primary N) is 2. The maximum absolute atomic E-state index is 6.30. The lowest BCUT2D eigenvalue weighted by atomic mass is 10.5. The highest BCUT2D eigenvalue weighted by Crippen LogP contribution is 2.26. The third-order valence-corrected chi connectivity index (χ3v) is 13.8. The van der Waals surface area contributed by atoms with Crippen molar-refractivity contribution in [3.8, 4) is 0 Å². The molecule has 0 unspecified atom stereocenters. The molecule has 0 aliphatic heterocycles. The zero-order valence-corrected chi connectivity index (χ0v) is 17.5. The van der Waals surface area contributed by atoms with Gasteiger partial charge in [-0.05, 0) is 64.2 Å². The molecule has 128 valence electrons. The van der Waals surface area contributed by atoms with E-state index in [0.29, 0.717) is 13.1 Å². The highest BCUT2D eigenvalue weighted by atomic mass is 28.5. The molecule has 0 spiro atoms. The minimum absolute atomic E-state index is 0.673. The Morgan fingerprint density at radius 1 is 0.714 bits per heavy atom. The van der Waals surface area contributed by atoms with Gasteiger partial charge in [-0.25, -0.2) is 0 Å².